The highest BCUT2D eigenvalue weighted by molar-refractivity contribution is 7.89. The molecule has 1 aromatic rings. The van der Waals surface area contributed by atoms with Gasteiger partial charge in [0.1, 0.15) is 10.7 Å². The molecular formula is C13H18FNO4S. The van der Waals surface area contributed by atoms with Crippen LogP contribution in [-0.2, 0) is 21.4 Å². The Labute approximate surface area is 118 Å². The van der Waals surface area contributed by atoms with E-state index in [9.17, 15) is 12.8 Å². The summed E-state index contributed by atoms with van der Waals surface area (Å²) in [6.07, 6.45) is 1.42. The van der Waals surface area contributed by atoms with Crippen molar-refractivity contribution in [2.45, 2.75) is 11.5 Å². The Morgan fingerprint density at radius 1 is 1.50 bits per heavy atom. The molecule has 20 heavy (non-hydrogen) atoms. The molecule has 1 aromatic carbocycles. The fourth-order valence-electron chi connectivity index (χ4n) is 1.64. The third kappa shape index (κ3) is 3.86. The molecule has 0 spiro atoms. The predicted octanol–water partition coefficient (Wildman–Crippen LogP) is 1.14. The highest BCUT2D eigenvalue weighted by atomic mass is 32.2. The molecule has 0 aliphatic heterocycles. The summed E-state index contributed by atoms with van der Waals surface area (Å²) in [5.74, 6) is -0.886. The van der Waals surface area contributed by atoms with E-state index in [0.29, 0.717) is 5.56 Å². The maximum absolute atomic E-state index is 13.9. The lowest BCUT2D eigenvalue weighted by Gasteiger charge is -2.20. The minimum atomic E-state index is -3.97. The number of rotatable bonds is 8. The Morgan fingerprint density at radius 2 is 2.20 bits per heavy atom. The van der Waals surface area contributed by atoms with E-state index in [-0.39, 0.29) is 26.3 Å². The number of aliphatic hydroxyl groups excluding tert-OH is 1. The number of methoxy groups -OCH3 is 1. The van der Waals surface area contributed by atoms with Crippen molar-refractivity contribution in [1.29, 1.82) is 0 Å². The summed E-state index contributed by atoms with van der Waals surface area (Å²) in [4.78, 5) is -0.423. The largest absolute Gasteiger partial charge is 0.392 e. The molecule has 0 bridgehead atoms. The molecule has 0 aliphatic rings. The summed E-state index contributed by atoms with van der Waals surface area (Å²) in [5, 5.41) is 8.91. The predicted molar refractivity (Wildman–Crippen MR) is 73.2 cm³/mol. The Bertz CT molecular complexity index is 559. The van der Waals surface area contributed by atoms with E-state index in [0.717, 1.165) is 16.4 Å². The molecule has 0 radical (unpaired) electrons. The van der Waals surface area contributed by atoms with Gasteiger partial charge >= 0.3 is 0 Å². The zero-order valence-corrected chi connectivity index (χ0v) is 12.1. The van der Waals surface area contributed by atoms with Crippen LogP contribution in [0.25, 0.3) is 0 Å². The van der Waals surface area contributed by atoms with Crippen LogP contribution in [0, 0.1) is 5.82 Å². The first-order valence-electron chi connectivity index (χ1n) is 5.96. The van der Waals surface area contributed by atoms with Crippen molar-refractivity contribution in [3.8, 4) is 0 Å². The zero-order chi connectivity index (χ0) is 15.2. The zero-order valence-electron chi connectivity index (χ0n) is 11.3. The second kappa shape index (κ2) is 7.49. The van der Waals surface area contributed by atoms with E-state index in [1.54, 1.807) is 0 Å². The van der Waals surface area contributed by atoms with Crippen LogP contribution in [0.5, 0.6) is 0 Å². The Morgan fingerprint density at radius 3 is 2.70 bits per heavy atom. The number of aliphatic hydroxyl groups is 1. The maximum atomic E-state index is 13.9. The van der Waals surface area contributed by atoms with E-state index in [1.807, 2.05) is 0 Å². The molecule has 7 heteroatoms. The van der Waals surface area contributed by atoms with Crippen LogP contribution in [0.4, 0.5) is 4.39 Å². The number of ether oxygens (including phenoxy) is 1. The Balaban J connectivity index is 3.15. The van der Waals surface area contributed by atoms with Crippen molar-refractivity contribution in [3.05, 3.63) is 42.2 Å². The van der Waals surface area contributed by atoms with Crippen LogP contribution in [0.1, 0.15) is 5.56 Å². The highest BCUT2D eigenvalue weighted by Gasteiger charge is 2.26. The molecule has 0 saturated carbocycles. The topological polar surface area (TPSA) is 66.8 Å². The number of halogens is 1. The number of benzene rings is 1. The molecule has 0 aliphatic carbocycles. The maximum Gasteiger partial charge on any atom is 0.246 e. The van der Waals surface area contributed by atoms with Gasteiger partial charge in [0.15, 0.2) is 0 Å². The van der Waals surface area contributed by atoms with Crippen LogP contribution in [0.15, 0.2) is 35.7 Å². The average molecular weight is 303 g/mol. The van der Waals surface area contributed by atoms with E-state index < -0.39 is 20.7 Å². The molecule has 0 heterocycles. The summed E-state index contributed by atoms with van der Waals surface area (Å²) in [6.45, 7) is 3.51. The van der Waals surface area contributed by atoms with E-state index in [4.69, 9.17) is 9.84 Å². The fraction of sp³-hybridized carbons (Fsp3) is 0.385. The van der Waals surface area contributed by atoms with Crippen LogP contribution in [0.3, 0.4) is 0 Å². The summed E-state index contributed by atoms with van der Waals surface area (Å²) in [5.41, 5.74) is 0.314. The van der Waals surface area contributed by atoms with Gasteiger partial charge in [0.2, 0.25) is 10.0 Å². The quantitative estimate of drug-likeness (QED) is 0.731. The minimum Gasteiger partial charge on any atom is -0.392 e. The standard InChI is InChI=1S/C13H18FNO4S/c1-3-6-15(7-8-19-2)20(17,18)13-5-4-11(10-16)9-12(13)14/h3-5,9,16H,1,6-8,10H2,2H3. The van der Waals surface area contributed by atoms with Crippen LogP contribution in [-0.4, -0.2) is 44.6 Å². The lowest BCUT2D eigenvalue weighted by Crippen LogP contribution is -2.34. The summed E-state index contributed by atoms with van der Waals surface area (Å²) >= 11 is 0. The molecule has 0 atom stereocenters. The molecule has 112 valence electrons. The molecule has 1 N–H and O–H groups in total. The first-order chi connectivity index (χ1) is 9.47. The van der Waals surface area contributed by atoms with Crippen molar-refractivity contribution < 1.29 is 22.7 Å². The monoisotopic (exact) mass is 303 g/mol. The number of nitrogens with zero attached hydrogens (tertiary/aromatic N) is 1. The van der Waals surface area contributed by atoms with Crippen LogP contribution >= 0.6 is 0 Å². The summed E-state index contributed by atoms with van der Waals surface area (Å²) in [7, 11) is -2.51. The van der Waals surface area contributed by atoms with Gasteiger partial charge in [-0.25, -0.2) is 12.8 Å². The van der Waals surface area contributed by atoms with Crippen molar-refractivity contribution in [2.75, 3.05) is 26.8 Å². The minimum absolute atomic E-state index is 0.0624. The van der Waals surface area contributed by atoms with E-state index >= 15 is 0 Å². The molecule has 0 amide bonds. The van der Waals surface area contributed by atoms with Gasteiger partial charge in [0.25, 0.3) is 0 Å². The highest BCUT2D eigenvalue weighted by Crippen LogP contribution is 2.20. The average Bonchev–Trinajstić information content (AvgIpc) is 2.42. The third-order valence-electron chi connectivity index (χ3n) is 2.67. The second-order valence-corrected chi connectivity index (χ2v) is 5.97. The van der Waals surface area contributed by atoms with Gasteiger partial charge in [-0.1, -0.05) is 12.1 Å². The van der Waals surface area contributed by atoms with Crippen LogP contribution < -0.4 is 0 Å². The molecule has 1 rings (SSSR count). The molecule has 0 saturated heterocycles. The fourth-order valence-corrected chi connectivity index (χ4v) is 3.08. The van der Waals surface area contributed by atoms with E-state index in [2.05, 4.69) is 6.58 Å². The first kappa shape index (κ1) is 16.8. The van der Waals surface area contributed by atoms with Gasteiger partial charge in [-0.05, 0) is 17.7 Å². The third-order valence-corrected chi connectivity index (χ3v) is 4.57. The number of hydrogen-bond donors (Lipinski definition) is 1. The van der Waals surface area contributed by atoms with Crippen molar-refractivity contribution in [3.63, 3.8) is 0 Å². The molecule has 0 aromatic heterocycles. The van der Waals surface area contributed by atoms with Gasteiger partial charge in [-0.3, -0.25) is 0 Å². The Kier molecular flexibility index (Phi) is 6.28. The molecular weight excluding hydrogens is 285 g/mol. The van der Waals surface area contributed by atoms with Crippen molar-refractivity contribution >= 4 is 10.0 Å². The lowest BCUT2D eigenvalue weighted by atomic mass is 10.2. The van der Waals surface area contributed by atoms with Crippen molar-refractivity contribution in [2.24, 2.45) is 0 Å². The molecule has 5 nitrogen and oxygen atoms in total. The summed E-state index contributed by atoms with van der Waals surface area (Å²) < 4.78 is 44.6. The summed E-state index contributed by atoms with van der Waals surface area (Å²) in [6, 6.07) is 3.53. The van der Waals surface area contributed by atoms with Gasteiger partial charge in [-0.2, -0.15) is 4.31 Å². The first-order valence-corrected chi connectivity index (χ1v) is 7.40. The molecule has 0 unspecified atom stereocenters. The normalized spacial score (nSPS) is 11.8. The Hall–Kier alpha value is -1.28. The van der Waals surface area contributed by atoms with E-state index in [1.165, 1.54) is 19.3 Å². The smallest absolute Gasteiger partial charge is 0.246 e. The number of sulfonamides is 1. The second-order valence-electron chi connectivity index (χ2n) is 4.07. The van der Waals surface area contributed by atoms with Crippen molar-refractivity contribution in [1.82, 2.24) is 4.31 Å². The van der Waals surface area contributed by atoms with Gasteiger partial charge in [-0.15, -0.1) is 6.58 Å². The van der Waals surface area contributed by atoms with Crippen LogP contribution in [0.2, 0.25) is 0 Å². The lowest BCUT2D eigenvalue weighted by molar-refractivity contribution is 0.182. The van der Waals surface area contributed by atoms with Gasteiger partial charge in [0.05, 0.1) is 13.2 Å². The SMILES string of the molecule is C=CCN(CCOC)S(=O)(=O)c1ccc(CO)cc1F. The van der Waals surface area contributed by atoms with Gasteiger partial charge in [0, 0.05) is 20.2 Å². The van der Waals surface area contributed by atoms with Gasteiger partial charge < -0.3 is 9.84 Å². The number of hydrogen-bond acceptors (Lipinski definition) is 4. The molecule has 0 fully saturated rings.